The van der Waals surface area contributed by atoms with Crippen molar-refractivity contribution in [1.82, 2.24) is 15.2 Å². The molecule has 2 aliphatic carbocycles. The van der Waals surface area contributed by atoms with Gasteiger partial charge in [-0.1, -0.05) is 86.7 Å². The van der Waals surface area contributed by atoms with Gasteiger partial charge >= 0.3 is 5.97 Å². The Labute approximate surface area is 285 Å². The second kappa shape index (κ2) is 14.5. The van der Waals surface area contributed by atoms with Crippen LogP contribution >= 0.6 is 0 Å². The zero-order chi connectivity index (χ0) is 32.9. The van der Waals surface area contributed by atoms with Crippen molar-refractivity contribution in [1.29, 1.82) is 0 Å². The number of nitrogens with one attached hydrogen (secondary N) is 2. The van der Waals surface area contributed by atoms with Crippen LogP contribution in [0.1, 0.15) is 110 Å². The quantitative estimate of drug-likeness (QED) is 0.134. The molecular formula is C42H49N3O3. The number of aryl methyl sites for hydroxylation is 2. The standard InChI is InChI=1S/C42H49N3O3/c1-2-48-38(46)22-19-30-12-10-13-31(26-30)28-43-29-42(23-8-9-24-42)44-41(47)34-20-21-36-37(27-34)45-25-11-17-32-14-6-7-18-35(32)40(45)39(36)33-15-4-3-5-16-33/h6-7,10,12-14,18-22,26-27,33,43H,2-5,8-9,11,15-17,23-25,28-29H2,1H3,(H,44,47). The van der Waals surface area contributed by atoms with Crippen molar-refractivity contribution in [2.45, 2.75) is 102 Å². The number of nitrogens with zero attached hydrogens (tertiary/aromatic N) is 1. The minimum atomic E-state index is -0.332. The van der Waals surface area contributed by atoms with Crippen molar-refractivity contribution in [3.63, 3.8) is 0 Å². The van der Waals surface area contributed by atoms with Gasteiger partial charge in [0.15, 0.2) is 0 Å². The second-order valence-electron chi connectivity index (χ2n) is 14.1. The minimum Gasteiger partial charge on any atom is -0.463 e. The number of hydrogen-bond donors (Lipinski definition) is 2. The van der Waals surface area contributed by atoms with E-state index in [-0.39, 0.29) is 17.4 Å². The molecule has 1 aliphatic heterocycles. The average molecular weight is 644 g/mol. The van der Waals surface area contributed by atoms with Crippen molar-refractivity contribution < 1.29 is 14.3 Å². The summed E-state index contributed by atoms with van der Waals surface area (Å²) in [5.41, 5.74) is 9.54. The fraction of sp³-hybridized carbons (Fsp3) is 0.429. The van der Waals surface area contributed by atoms with Crippen LogP contribution in [0.25, 0.3) is 28.2 Å². The fourth-order valence-corrected chi connectivity index (χ4v) is 8.56. The van der Waals surface area contributed by atoms with E-state index in [4.69, 9.17) is 4.74 Å². The third-order valence-corrected chi connectivity index (χ3v) is 10.9. The first-order chi connectivity index (χ1) is 23.5. The van der Waals surface area contributed by atoms with Crippen LogP contribution in [0.2, 0.25) is 0 Å². The molecule has 6 heteroatoms. The SMILES string of the molecule is CCOC(=O)C=Cc1cccc(CNCC2(NC(=O)c3ccc4c(C5CCCCC5)c5n(c4c3)CCCc3ccccc3-5)CCCC2)c1. The van der Waals surface area contributed by atoms with Gasteiger partial charge in [0.2, 0.25) is 0 Å². The molecule has 7 rings (SSSR count). The molecule has 2 saturated carbocycles. The fourth-order valence-electron chi connectivity index (χ4n) is 8.56. The summed E-state index contributed by atoms with van der Waals surface area (Å²) in [5.74, 6) is 0.266. The lowest BCUT2D eigenvalue weighted by Gasteiger charge is -2.31. The van der Waals surface area contributed by atoms with Gasteiger partial charge in [0, 0.05) is 47.7 Å². The molecule has 0 atom stereocenters. The van der Waals surface area contributed by atoms with E-state index in [0.29, 0.717) is 25.6 Å². The van der Waals surface area contributed by atoms with Crippen molar-refractivity contribution >= 4 is 28.9 Å². The molecule has 48 heavy (non-hydrogen) atoms. The lowest BCUT2D eigenvalue weighted by Crippen LogP contribution is -2.52. The van der Waals surface area contributed by atoms with Gasteiger partial charge in [-0.2, -0.15) is 0 Å². The first-order valence-corrected chi connectivity index (χ1v) is 18.2. The predicted octanol–water partition coefficient (Wildman–Crippen LogP) is 8.71. The number of esters is 1. The zero-order valence-electron chi connectivity index (χ0n) is 28.4. The molecule has 2 N–H and O–H groups in total. The molecule has 1 aromatic heterocycles. The Hall–Kier alpha value is -4.16. The lowest BCUT2D eigenvalue weighted by atomic mass is 9.81. The maximum Gasteiger partial charge on any atom is 0.330 e. The van der Waals surface area contributed by atoms with Crippen LogP contribution in [0.5, 0.6) is 0 Å². The van der Waals surface area contributed by atoms with E-state index in [2.05, 4.69) is 69.8 Å². The number of amides is 1. The largest absolute Gasteiger partial charge is 0.463 e. The third-order valence-electron chi connectivity index (χ3n) is 10.9. The summed E-state index contributed by atoms with van der Waals surface area (Å²) < 4.78 is 7.55. The molecule has 6 nitrogen and oxygen atoms in total. The highest BCUT2D eigenvalue weighted by Crippen LogP contribution is 2.46. The number of carbonyl (C=O) groups excluding carboxylic acids is 2. The van der Waals surface area contributed by atoms with Crippen molar-refractivity contribution in [3.05, 3.63) is 101 Å². The van der Waals surface area contributed by atoms with Crippen LogP contribution in [0.3, 0.4) is 0 Å². The van der Waals surface area contributed by atoms with Gasteiger partial charge in [-0.15, -0.1) is 0 Å². The predicted molar refractivity (Wildman–Crippen MR) is 194 cm³/mol. The Balaban J connectivity index is 1.11. The molecule has 1 amide bonds. The molecule has 3 aromatic carbocycles. The number of ether oxygens (including phenoxy) is 1. The van der Waals surface area contributed by atoms with E-state index in [1.807, 2.05) is 12.1 Å². The van der Waals surface area contributed by atoms with E-state index in [9.17, 15) is 9.59 Å². The Kier molecular flexibility index (Phi) is 9.81. The number of aromatic nitrogens is 1. The maximum atomic E-state index is 14.1. The number of fused-ring (bicyclic) bond motifs is 5. The van der Waals surface area contributed by atoms with E-state index in [0.717, 1.165) is 61.8 Å². The van der Waals surface area contributed by atoms with Gasteiger partial charge in [-0.05, 0) is 91.8 Å². The van der Waals surface area contributed by atoms with Gasteiger partial charge in [-0.3, -0.25) is 4.79 Å². The Morgan fingerprint density at radius 3 is 2.60 bits per heavy atom. The Morgan fingerprint density at radius 2 is 1.77 bits per heavy atom. The molecule has 0 saturated heterocycles. The summed E-state index contributed by atoms with van der Waals surface area (Å²) in [6, 6.07) is 23.6. The summed E-state index contributed by atoms with van der Waals surface area (Å²) in [7, 11) is 0. The monoisotopic (exact) mass is 643 g/mol. The highest BCUT2D eigenvalue weighted by Gasteiger charge is 2.36. The Bertz CT molecular complexity index is 1810. The zero-order valence-corrected chi connectivity index (χ0v) is 28.4. The van der Waals surface area contributed by atoms with Crippen LogP contribution in [0.15, 0.2) is 72.8 Å². The van der Waals surface area contributed by atoms with Crippen LogP contribution in [-0.2, 0) is 29.0 Å². The smallest absolute Gasteiger partial charge is 0.330 e. The molecule has 2 heterocycles. The maximum absolute atomic E-state index is 14.1. The number of rotatable bonds is 10. The van der Waals surface area contributed by atoms with E-state index in [1.54, 1.807) is 13.0 Å². The second-order valence-corrected chi connectivity index (χ2v) is 14.1. The lowest BCUT2D eigenvalue weighted by molar-refractivity contribution is -0.137. The summed E-state index contributed by atoms with van der Waals surface area (Å²) in [4.78, 5) is 25.8. The molecule has 0 bridgehead atoms. The third kappa shape index (κ3) is 6.86. The molecule has 2 fully saturated rings. The topological polar surface area (TPSA) is 72.4 Å². The minimum absolute atomic E-state index is 0.0236. The van der Waals surface area contributed by atoms with Gasteiger partial charge in [0.1, 0.15) is 0 Å². The molecule has 0 radical (unpaired) electrons. The van der Waals surface area contributed by atoms with E-state index < -0.39 is 0 Å². The number of benzene rings is 3. The van der Waals surface area contributed by atoms with Crippen LogP contribution < -0.4 is 10.6 Å². The van der Waals surface area contributed by atoms with Crippen molar-refractivity contribution in [3.8, 4) is 11.3 Å². The van der Waals surface area contributed by atoms with Crippen molar-refractivity contribution in [2.24, 2.45) is 0 Å². The molecule has 250 valence electrons. The summed E-state index contributed by atoms with van der Waals surface area (Å²) >= 11 is 0. The van der Waals surface area contributed by atoms with Crippen molar-refractivity contribution in [2.75, 3.05) is 13.2 Å². The Morgan fingerprint density at radius 1 is 0.938 bits per heavy atom. The van der Waals surface area contributed by atoms with E-state index >= 15 is 0 Å². The average Bonchev–Trinajstić information content (AvgIpc) is 3.64. The normalized spacial score (nSPS) is 17.6. The van der Waals surface area contributed by atoms with Gasteiger partial charge in [-0.25, -0.2) is 4.79 Å². The molecule has 0 spiro atoms. The number of carbonyl (C=O) groups is 2. The summed E-state index contributed by atoms with van der Waals surface area (Å²) in [6.07, 6.45) is 16.1. The van der Waals surface area contributed by atoms with Crippen LogP contribution in [0, 0.1) is 0 Å². The molecule has 4 aromatic rings. The van der Waals surface area contributed by atoms with Crippen LogP contribution in [-0.4, -0.2) is 35.1 Å². The van der Waals surface area contributed by atoms with Crippen LogP contribution in [0.4, 0.5) is 0 Å². The van der Waals surface area contributed by atoms with Gasteiger partial charge < -0.3 is 19.9 Å². The first-order valence-electron chi connectivity index (χ1n) is 18.2. The van der Waals surface area contributed by atoms with Gasteiger partial charge in [0.05, 0.1) is 17.8 Å². The number of hydrogen-bond acceptors (Lipinski definition) is 4. The summed E-state index contributed by atoms with van der Waals surface area (Å²) in [6.45, 7) is 4.55. The molecular weight excluding hydrogens is 594 g/mol. The molecule has 3 aliphatic rings. The van der Waals surface area contributed by atoms with E-state index in [1.165, 1.54) is 71.5 Å². The molecule has 0 unspecified atom stereocenters. The summed E-state index contributed by atoms with van der Waals surface area (Å²) in [5, 5.41) is 8.50. The highest BCUT2D eigenvalue weighted by atomic mass is 16.5. The highest BCUT2D eigenvalue weighted by molar-refractivity contribution is 6.01. The van der Waals surface area contributed by atoms with Gasteiger partial charge in [0.25, 0.3) is 5.91 Å². The first kappa shape index (κ1) is 32.4.